The lowest BCUT2D eigenvalue weighted by Crippen LogP contribution is -2.19. The predicted octanol–water partition coefficient (Wildman–Crippen LogP) is 2.39. The van der Waals surface area contributed by atoms with E-state index in [1.54, 1.807) is 6.20 Å². The largest absolute Gasteiger partial charge is 0.403 e. The third-order valence-electron chi connectivity index (χ3n) is 3.08. The summed E-state index contributed by atoms with van der Waals surface area (Å²) in [5.74, 6) is 0. The molecule has 1 aliphatic rings. The summed E-state index contributed by atoms with van der Waals surface area (Å²) in [4.78, 5) is 4.21. The summed E-state index contributed by atoms with van der Waals surface area (Å²) in [5, 5.41) is 0. The van der Waals surface area contributed by atoms with E-state index in [1.165, 1.54) is 17.3 Å². The normalized spacial score (nSPS) is 25.1. The standard InChI is InChI=1S/C13H16N2/c1-13(10-15-9-8-14)7-6-11-4-2-3-5-12(11)13/h2-5,8-10H,6-7,14H2,1H3/b9-8-,15-10?. The molecule has 1 aromatic carbocycles. The van der Waals surface area contributed by atoms with Crippen LogP contribution in [0.1, 0.15) is 24.5 Å². The first kappa shape index (κ1) is 9.97. The highest BCUT2D eigenvalue weighted by molar-refractivity contribution is 5.75. The second-order valence-corrected chi connectivity index (χ2v) is 4.19. The molecule has 0 saturated carbocycles. The summed E-state index contributed by atoms with van der Waals surface area (Å²) in [5.41, 5.74) is 8.19. The molecular formula is C13H16N2. The van der Waals surface area contributed by atoms with Crippen LogP contribution in [0, 0.1) is 0 Å². The van der Waals surface area contributed by atoms with Crippen molar-refractivity contribution in [2.24, 2.45) is 10.7 Å². The molecule has 1 aliphatic carbocycles. The predicted molar refractivity (Wildman–Crippen MR) is 63.9 cm³/mol. The summed E-state index contributed by atoms with van der Waals surface area (Å²) in [6, 6.07) is 8.59. The van der Waals surface area contributed by atoms with Crippen molar-refractivity contribution < 1.29 is 0 Å². The molecule has 0 fully saturated rings. The lowest BCUT2D eigenvalue weighted by atomic mass is 9.85. The zero-order valence-corrected chi connectivity index (χ0v) is 8.98. The highest BCUT2D eigenvalue weighted by Crippen LogP contribution is 2.37. The van der Waals surface area contributed by atoms with Gasteiger partial charge in [0.1, 0.15) is 0 Å². The van der Waals surface area contributed by atoms with Gasteiger partial charge in [0.2, 0.25) is 0 Å². The molecule has 0 spiro atoms. The Labute approximate surface area is 90.5 Å². The van der Waals surface area contributed by atoms with Crippen molar-refractivity contribution in [1.82, 2.24) is 0 Å². The van der Waals surface area contributed by atoms with Gasteiger partial charge in [-0.15, -0.1) is 0 Å². The molecule has 0 heterocycles. The number of aryl methyl sites for hydroxylation is 1. The second-order valence-electron chi connectivity index (χ2n) is 4.19. The lowest BCUT2D eigenvalue weighted by Gasteiger charge is -2.19. The van der Waals surface area contributed by atoms with Gasteiger partial charge in [0, 0.05) is 24.0 Å². The SMILES string of the molecule is CC1(C=N/C=C\N)CCc2ccccc21. The van der Waals surface area contributed by atoms with Crippen LogP contribution in [0.3, 0.4) is 0 Å². The summed E-state index contributed by atoms with van der Waals surface area (Å²) < 4.78 is 0. The van der Waals surface area contributed by atoms with E-state index in [4.69, 9.17) is 5.73 Å². The van der Waals surface area contributed by atoms with Crippen LogP contribution in [0.25, 0.3) is 0 Å². The molecule has 0 aliphatic heterocycles. The minimum atomic E-state index is 0.0795. The molecule has 2 N–H and O–H groups in total. The van der Waals surface area contributed by atoms with Crippen molar-refractivity contribution in [2.75, 3.05) is 0 Å². The van der Waals surface area contributed by atoms with Crippen LogP contribution in [0.15, 0.2) is 41.7 Å². The first-order chi connectivity index (χ1) is 7.26. The van der Waals surface area contributed by atoms with Gasteiger partial charge in [-0.3, -0.25) is 4.99 Å². The van der Waals surface area contributed by atoms with Crippen LogP contribution in [-0.4, -0.2) is 6.21 Å². The summed E-state index contributed by atoms with van der Waals surface area (Å²) in [7, 11) is 0. The Morgan fingerprint density at radius 3 is 3.00 bits per heavy atom. The fourth-order valence-corrected chi connectivity index (χ4v) is 2.22. The Kier molecular flexibility index (Phi) is 2.58. The van der Waals surface area contributed by atoms with Crippen LogP contribution in [0.5, 0.6) is 0 Å². The van der Waals surface area contributed by atoms with Crippen molar-refractivity contribution >= 4 is 6.21 Å². The maximum absolute atomic E-state index is 5.26. The van der Waals surface area contributed by atoms with Crippen molar-refractivity contribution in [3.05, 3.63) is 47.8 Å². The molecule has 2 nitrogen and oxygen atoms in total. The molecule has 0 amide bonds. The Bertz CT molecular complexity index is 407. The monoisotopic (exact) mass is 200 g/mol. The van der Waals surface area contributed by atoms with Gasteiger partial charge in [0.15, 0.2) is 0 Å². The average molecular weight is 200 g/mol. The number of hydrogen-bond acceptors (Lipinski definition) is 2. The number of nitrogens with zero attached hydrogens (tertiary/aromatic N) is 1. The fourth-order valence-electron chi connectivity index (χ4n) is 2.22. The number of hydrogen-bond donors (Lipinski definition) is 1. The molecule has 0 aromatic heterocycles. The molecule has 2 rings (SSSR count). The van der Waals surface area contributed by atoms with Crippen LogP contribution in [-0.2, 0) is 11.8 Å². The second kappa shape index (κ2) is 3.89. The number of benzene rings is 1. The molecule has 2 heteroatoms. The van der Waals surface area contributed by atoms with Crippen LogP contribution in [0.2, 0.25) is 0 Å². The molecule has 1 atom stereocenters. The molecular weight excluding hydrogens is 184 g/mol. The lowest BCUT2D eigenvalue weighted by molar-refractivity contribution is 0.642. The van der Waals surface area contributed by atoms with Gasteiger partial charge in [-0.2, -0.15) is 0 Å². The number of rotatable bonds is 2. The first-order valence-corrected chi connectivity index (χ1v) is 5.26. The van der Waals surface area contributed by atoms with Gasteiger partial charge < -0.3 is 5.73 Å². The zero-order chi connectivity index (χ0) is 10.7. The van der Waals surface area contributed by atoms with Crippen LogP contribution < -0.4 is 5.73 Å². The molecule has 1 aromatic rings. The Balaban J connectivity index is 2.32. The maximum atomic E-state index is 5.26. The first-order valence-electron chi connectivity index (χ1n) is 5.26. The minimum absolute atomic E-state index is 0.0795. The van der Waals surface area contributed by atoms with Gasteiger partial charge in [0.05, 0.1) is 0 Å². The Morgan fingerprint density at radius 1 is 1.40 bits per heavy atom. The third-order valence-corrected chi connectivity index (χ3v) is 3.08. The maximum Gasteiger partial charge on any atom is 0.0419 e. The van der Waals surface area contributed by atoms with Crippen molar-refractivity contribution in [1.29, 1.82) is 0 Å². The summed E-state index contributed by atoms with van der Waals surface area (Å²) >= 11 is 0. The van der Waals surface area contributed by atoms with E-state index in [9.17, 15) is 0 Å². The quantitative estimate of drug-likeness (QED) is 0.731. The highest BCUT2D eigenvalue weighted by Gasteiger charge is 2.31. The van der Waals surface area contributed by atoms with E-state index in [-0.39, 0.29) is 5.41 Å². The summed E-state index contributed by atoms with van der Waals surface area (Å²) in [6.07, 6.45) is 7.37. The molecule has 1 unspecified atom stereocenters. The van der Waals surface area contributed by atoms with E-state index in [1.807, 2.05) is 6.21 Å². The topological polar surface area (TPSA) is 38.4 Å². The Morgan fingerprint density at radius 2 is 2.20 bits per heavy atom. The molecule has 15 heavy (non-hydrogen) atoms. The zero-order valence-electron chi connectivity index (χ0n) is 8.98. The number of fused-ring (bicyclic) bond motifs is 1. The minimum Gasteiger partial charge on any atom is -0.403 e. The van der Waals surface area contributed by atoms with Crippen molar-refractivity contribution in [3.8, 4) is 0 Å². The number of nitrogens with two attached hydrogens (primary N) is 1. The Hall–Kier alpha value is -1.57. The van der Waals surface area contributed by atoms with E-state index in [2.05, 4.69) is 36.2 Å². The smallest absolute Gasteiger partial charge is 0.0419 e. The molecule has 0 bridgehead atoms. The van der Waals surface area contributed by atoms with Gasteiger partial charge in [-0.05, 0) is 24.0 Å². The molecule has 0 radical (unpaired) electrons. The van der Waals surface area contributed by atoms with E-state index in [0.717, 1.165) is 12.8 Å². The summed E-state index contributed by atoms with van der Waals surface area (Å²) in [6.45, 7) is 2.23. The van der Waals surface area contributed by atoms with E-state index in [0.29, 0.717) is 0 Å². The van der Waals surface area contributed by atoms with Crippen LogP contribution in [0.4, 0.5) is 0 Å². The van der Waals surface area contributed by atoms with Gasteiger partial charge in [-0.25, -0.2) is 0 Å². The average Bonchev–Trinajstić information content (AvgIpc) is 2.59. The van der Waals surface area contributed by atoms with Crippen molar-refractivity contribution in [3.63, 3.8) is 0 Å². The third kappa shape index (κ3) is 1.80. The molecule has 78 valence electrons. The van der Waals surface area contributed by atoms with E-state index >= 15 is 0 Å². The van der Waals surface area contributed by atoms with Crippen molar-refractivity contribution in [2.45, 2.75) is 25.2 Å². The van der Waals surface area contributed by atoms with Gasteiger partial charge in [-0.1, -0.05) is 31.2 Å². The van der Waals surface area contributed by atoms with Gasteiger partial charge >= 0.3 is 0 Å². The highest BCUT2D eigenvalue weighted by atomic mass is 14.7. The van der Waals surface area contributed by atoms with Crippen LogP contribution >= 0.6 is 0 Å². The van der Waals surface area contributed by atoms with E-state index < -0.39 is 0 Å². The fraction of sp³-hybridized carbons (Fsp3) is 0.308. The molecule has 0 saturated heterocycles. The number of aliphatic imine (C=N–C) groups is 1. The van der Waals surface area contributed by atoms with Gasteiger partial charge in [0.25, 0.3) is 0 Å².